The highest BCUT2D eigenvalue weighted by molar-refractivity contribution is 5.77. The van der Waals surface area contributed by atoms with E-state index in [1.165, 1.54) is 11.6 Å². The van der Waals surface area contributed by atoms with Crippen LogP contribution >= 0.6 is 0 Å². The third-order valence-electron chi connectivity index (χ3n) is 2.71. The van der Waals surface area contributed by atoms with Crippen molar-refractivity contribution in [1.29, 1.82) is 0 Å². The van der Waals surface area contributed by atoms with Gasteiger partial charge in [0.05, 0.1) is 6.54 Å². The summed E-state index contributed by atoms with van der Waals surface area (Å²) in [5.41, 5.74) is -0.504. The lowest BCUT2D eigenvalue weighted by molar-refractivity contribution is -0.466. The predicted molar refractivity (Wildman–Crippen MR) is 64.9 cm³/mol. The standard InChI is InChI=1S/C11H15N5O2/c1-6(2)5-12-10-13-7-8(14-10)15(3)11(18)16(4)9(7)17/h6H,5H2,1-4H3/p+1. The molecule has 7 heteroatoms. The van der Waals surface area contributed by atoms with Crippen molar-refractivity contribution in [2.24, 2.45) is 30.0 Å². The molecule has 0 radical (unpaired) electrons. The van der Waals surface area contributed by atoms with Crippen molar-refractivity contribution in [3.63, 3.8) is 0 Å². The molecule has 0 saturated carbocycles. The number of aromatic nitrogens is 2. The smallest absolute Gasteiger partial charge is 0.271 e. The van der Waals surface area contributed by atoms with Gasteiger partial charge in [-0.05, 0) is 10.9 Å². The monoisotopic (exact) mass is 250 g/mol. The lowest BCUT2D eigenvalue weighted by Crippen LogP contribution is -2.73. The third-order valence-corrected chi connectivity index (χ3v) is 2.71. The summed E-state index contributed by atoms with van der Waals surface area (Å²) in [6, 6.07) is 0. The summed E-state index contributed by atoms with van der Waals surface area (Å²) in [6.07, 6.45) is 0. The highest BCUT2D eigenvalue weighted by atomic mass is 16.2. The minimum absolute atomic E-state index is 0.214. The van der Waals surface area contributed by atoms with Crippen molar-refractivity contribution in [3.8, 4) is 0 Å². The van der Waals surface area contributed by atoms with E-state index in [4.69, 9.17) is 0 Å². The van der Waals surface area contributed by atoms with Gasteiger partial charge in [0.15, 0.2) is 0 Å². The van der Waals surface area contributed by atoms with Gasteiger partial charge in [-0.25, -0.2) is 4.79 Å². The van der Waals surface area contributed by atoms with E-state index in [0.717, 1.165) is 4.57 Å². The van der Waals surface area contributed by atoms with Gasteiger partial charge < -0.3 is 0 Å². The van der Waals surface area contributed by atoms with E-state index >= 15 is 0 Å². The number of guanidine groups is 1. The number of hydrogen-bond donors (Lipinski definition) is 1. The Kier molecular flexibility index (Phi) is 2.98. The lowest BCUT2D eigenvalue weighted by atomic mass is 10.2. The van der Waals surface area contributed by atoms with Gasteiger partial charge in [-0.2, -0.15) is 0 Å². The summed E-state index contributed by atoms with van der Waals surface area (Å²) >= 11 is 0. The van der Waals surface area contributed by atoms with E-state index in [2.05, 4.69) is 28.8 Å². The highest BCUT2D eigenvalue weighted by Crippen LogP contribution is 1.82. The summed E-state index contributed by atoms with van der Waals surface area (Å²) < 4.78 is 2.35. The van der Waals surface area contributed by atoms with Crippen LogP contribution in [0.5, 0.6) is 0 Å². The zero-order valence-corrected chi connectivity index (χ0v) is 10.9. The quantitative estimate of drug-likeness (QED) is 0.589. The Balaban J connectivity index is 2.70. The van der Waals surface area contributed by atoms with Gasteiger partial charge in [0.25, 0.3) is 10.8 Å². The summed E-state index contributed by atoms with van der Waals surface area (Å²) in [5.74, 6) is 0.829. The molecule has 0 amide bonds. The van der Waals surface area contributed by atoms with Gasteiger partial charge >= 0.3 is 17.2 Å². The summed E-state index contributed by atoms with van der Waals surface area (Å²) in [6.45, 7) is 4.83. The van der Waals surface area contributed by atoms with Crippen molar-refractivity contribution in [2.75, 3.05) is 6.54 Å². The molecule has 1 N–H and O–H groups in total. The van der Waals surface area contributed by atoms with Gasteiger partial charge in [0.2, 0.25) is 0 Å². The van der Waals surface area contributed by atoms with Crippen LogP contribution in [-0.4, -0.2) is 21.6 Å². The zero-order valence-electron chi connectivity index (χ0n) is 10.9. The second kappa shape index (κ2) is 4.32. The SMILES string of the molecule is CC(C)C[NH+]=C1N=c2c(=O)n(C)c(=O)n(C)c2=N1. The van der Waals surface area contributed by atoms with Crippen LogP contribution in [0.25, 0.3) is 0 Å². The van der Waals surface area contributed by atoms with Crippen LogP contribution in [-0.2, 0) is 14.1 Å². The molecular formula is C11H16N5O2+. The lowest BCUT2D eigenvalue weighted by Gasteiger charge is -1.96. The minimum atomic E-state index is -0.418. The minimum Gasteiger partial charge on any atom is -0.271 e. The largest absolute Gasteiger partial charge is 0.429 e. The van der Waals surface area contributed by atoms with E-state index in [1.54, 1.807) is 7.05 Å². The Morgan fingerprint density at radius 2 is 1.83 bits per heavy atom. The summed E-state index contributed by atoms with van der Waals surface area (Å²) in [4.78, 5) is 34.9. The molecule has 96 valence electrons. The first kappa shape index (κ1) is 12.4. The van der Waals surface area contributed by atoms with Gasteiger partial charge in [-0.1, -0.05) is 18.8 Å². The topological polar surface area (TPSA) is 82.7 Å². The molecule has 0 atom stereocenters. The molecule has 0 aliphatic carbocycles. The molecule has 1 aliphatic heterocycles. The van der Waals surface area contributed by atoms with Crippen LogP contribution in [0.2, 0.25) is 0 Å². The molecule has 2 heterocycles. The first-order chi connectivity index (χ1) is 8.41. The zero-order chi connectivity index (χ0) is 13.4. The first-order valence-corrected chi connectivity index (χ1v) is 5.76. The maximum Gasteiger partial charge on any atom is 0.429 e. The Hall–Kier alpha value is -2.05. The number of rotatable bonds is 2. The van der Waals surface area contributed by atoms with Crippen LogP contribution in [0.4, 0.5) is 0 Å². The van der Waals surface area contributed by atoms with E-state index < -0.39 is 11.2 Å². The van der Waals surface area contributed by atoms with Gasteiger partial charge in [0, 0.05) is 14.1 Å². The maximum absolute atomic E-state index is 11.9. The second-order valence-corrected chi connectivity index (χ2v) is 4.70. The average molecular weight is 250 g/mol. The fraction of sp³-hybridized carbons (Fsp3) is 0.545. The Bertz CT molecular complexity index is 751. The predicted octanol–water partition coefficient (Wildman–Crippen LogP) is -3.57. The van der Waals surface area contributed by atoms with Crippen LogP contribution in [0.15, 0.2) is 19.6 Å². The van der Waals surface area contributed by atoms with Crippen molar-refractivity contribution < 1.29 is 4.99 Å². The molecule has 0 saturated heterocycles. The number of nitrogens with one attached hydrogen (secondary N) is 1. The summed E-state index contributed by atoms with van der Waals surface area (Å²) in [5, 5.41) is 0.214. The fourth-order valence-corrected chi connectivity index (χ4v) is 1.65. The maximum atomic E-state index is 11.9. The van der Waals surface area contributed by atoms with E-state index in [1.807, 2.05) is 0 Å². The number of hydrogen-bond acceptors (Lipinski definition) is 2. The molecule has 0 bridgehead atoms. The van der Waals surface area contributed by atoms with Crippen molar-refractivity contribution in [1.82, 2.24) is 9.13 Å². The van der Waals surface area contributed by atoms with Gasteiger partial charge in [0.1, 0.15) is 0 Å². The van der Waals surface area contributed by atoms with E-state index in [0.29, 0.717) is 23.9 Å². The second-order valence-electron chi connectivity index (χ2n) is 4.70. The van der Waals surface area contributed by atoms with E-state index in [9.17, 15) is 9.59 Å². The molecule has 0 spiro atoms. The third kappa shape index (κ3) is 1.92. The number of nitrogens with zero attached hydrogens (tertiary/aromatic N) is 4. The first-order valence-electron chi connectivity index (χ1n) is 5.76. The normalized spacial score (nSPS) is 15.7. The van der Waals surface area contributed by atoms with Gasteiger partial charge in [-0.3, -0.25) is 18.9 Å². The van der Waals surface area contributed by atoms with Crippen LogP contribution in [0, 0.1) is 5.92 Å². The molecular weight excluding hydrogens is 234 g/mol. The fourth-order valence-electron chi connectivity index (χ4n) is 1.65. The van der Waals surface area contributed by atoms with Crippen molar-refractivity contribution in [2.45, 2.75) is 13.8 Å². The molecule has 18 heavy (non-hydrogen) atoms. The molecule has 1 aromatic heterocycles. The Morgan fingerprint density at radius 1 is 1.17 bits per heavy atom. The van der Waals surface area contributed by atoms with Crippen LogP contribution < -0.4 is 27.1 Å². The van der Waals surface area contributed by atoms with Gasteiger partial charge in [-0.15, -0.1) is 0 Å². The highest BCUT2D eigenvalue weighted by Gasteiger charge is 2.21. The Morgan fingerprint density at radius 3 is 2.44 bits per heavy atom. The van der Waals surface area contributed by atoms with Crippen LogP contribution in [0.3, 0.4) is 0 Å². The molecule has 7 nitrogen and oxygen atoms in total. The molecule has 0 aromatic carbocycles. The van der Waals surface area contributed by atoms with Crippen molar-refractivity contribution in [3.05, 3.63) is 31.7 Å². The Labute approximate surface area is 103 Å². The van der Waals surface area contributed by atoms with Crippen molar-refractivity contribution >= 4 is 5.96 Å². The molecule has 1 aromatic rings. The summed E-state index contributed by atoms with van der Waals surface area (Å²) in [7, 11) is 3.00. The molecule has 0 fully saturated rings. The number of fused-ring (bicyclic) bond motifs is 1. The molecule has 1 aliphatic rings. The molecule has 0 unspecified atom stereocenters. The average Bonchev–Trinajstić information content (AvgIpc) is 2.75. The van der Waals surface area contributed by atoms with Crippen LogP contribution in [0.1, 0.15) is 13.8 Å². The molecule has 2 rings (SSSR count). The van der Waals surface area contributed by atoms with E-state index in [-0.39, 0.29) is 5.36 Å².